The summed E-state index contributed by atoms with van der Waals surface area (Å²) in [6, 6.07) is 0. The fourth-order valence-electron chi connectivity index (χ4n) is 1.78. The molecule has 1 aromatic rings. The molecule has 94 valence electrons. The van der Waals surface area contributed by atoms with Gasteiger partial charge in [-0.2, -0.15) is 0 Å². The number of aromatic nitrogens is 2. The minimum absolute atomic E-state index is 0.349. The molecule has 5 nitrogen and oxygen atoms in total. The lowest BCUT2D eigenvalue weighted by Gasteiger charge is -2.32. The molecule has 1 aromatic heterocycles. The number of rotatable bonds is 2. The lowest BCUT2D eigenvalue weighted by atomic mass is 9.81. The Morgan fingerprint density at radius 3 is 2.24 bits per heavy atom. The second kappa shape index (κ2) is 3.75. The topological polar surface area (TPSA) is 45.5 Å². The first-order valence-corrected chi connectivity index (χ1v) is 5.70. The maximum Gasteiger partial charge on any atom is 0.502 e. The number of aryl methyl sites for hydroxylation is 1. The summed E-state index contributed by atoms with van der Waals surface area (Å²) >= 11 is 0. The number of methoxy groups -OCH3 is 1. The Morgan fingerprint density at radius 2 is 1.76 bits per heavy atom. The lowest BCUT2D eigenvalue weighted by Crippen LogP contribution is -2.41. The molecule has 0 unspecified atom stereocenters. The van der Waals surface area contributed by atoms with Crippen molar-refractivity contribution in [1.82, 2.24) is 9.78 Å². The highest BCUT2D eigenvalue weighted by molar-refractivity contribution is 6.63. The fraction of sp³-hybridized carbons (Fsp3) is 0.727. The molecule has 0 radical (unpaired) electrons. The van der Waals surface area contributed by atoms with Crippen molar-refractivity contribution in [1.29, 1.82) is 0 Å². The zero-order valence-corrected chi connectivity index (χ0v) is 11.3. The molecule has 0 spiro atoms. The fourth-order valence-corrected chi connectivity index (χ4v) is 1.78. The number of hydrogen-bond donors (Lipinski definition) is 0. The molecule has 17 heavy (non-hydrogen) atoms. The largest absolute Gasteiger partial charge is 0.502 e. The lowest BCUT2D eigenvalue weighted by molar-refractivity contribution is 0.00578. The van der Waals surface area contributed by atoms with Gasteiger partial charge in [0.15, 0.2) is 0 Å². The average Bonchev–Trinajstić information content (AvgIpc) is 2.65. The van der Waals surface area contributed by atoms with Crippen molar-refractivity contribution in [3.63, 3.8) is 0 Å². The molecule has 1 fully saturated rings. The summed E-state index contributed by atoms with van der Waals surface area (Å²) < 4.78 is 18.8. The van der Waals surface area contributed by atoms with Crippen molar-refractivity contribution in [2.75, 3.05) is 7.11 Å². The van der Waals surface area contributed by atoms with Gasteiger partial charge in [-0.3, -0.25) is 4.68 Å². The van der Waals surface area contributed by atoms with E-state index >= 15 is 0 Å². The maximum absolute atomic E-state index is 5.95. The first-order valence-electron chi connectivity index (χ1n) is 5.70. The van der Waals surface area contributed by atoms with E-state index in [1.54, 1.807) is 11.8 Å². The Labute approximate surface area is 102 Å². The van der Waals surface area contributed by atoms with Crippen LogP contribution in [-0.4, -0.2) is 35.2 Å². The molecule has 0 saturated carbocycles. The van der Waals surface area contributed by atoms with Crippen LogP contribution in [0.5, 0.6) is 5.88 Å². The monoisotopic (exact) mass is 238 g/mol. The van der Waals surface area contributed by atoms with Gasteiger partial charge >= 0.3 is 7.12 Å². The summed E-state index contributed by atoms with van der Waals surface area (Å²) in [6.07, 6.45) is 1.86. The van der Waals surface area contributed by atoms with Gasteiger partial charge in [-0.05, 0) is 27.7 Å². The average molecular weight is 238 g/mol. The van der Waals surface area contributed by atoms with E-state index in [0.29, 0.717) is 5.88 Å². The summed E-state index contributed by atoms with van der Waals surface area (Å²) in [5.74, 6) is 0.547. The zero-order valence-electron chi connectivity index (χ0n) is 11.3. The molecule has 0 aromatic carbocycles. The molecule has 0 N–H and O–H groups in total. The molecule has 1 saturated heterocycles. The predicted molar refractivity (Wildman–Crippen MR) is 65.5 cm³/mol. The smallest absolute Gasteiger partial charge is 0.480 e. The minimum Gasteiger partial charge on any atom is -0.480 e. The van der Waals surface area contributed by atoms with Crippen molar-refractivity contribution in [2.24, 2.45) is 7.05 Å². The van der Waals surface area contributed by atoms with E-state index in [4.69, 9.17) is 14.0 Å². The summed E-state index contributed by atoms with van der Waals surface area (Å²) in [4.78, 5) is 0. The molecular weight excluding hydrogens is 219 g/mol. The second-order valence-corrected chi connectivity index (χ2v) is 5.36. The van der Waals surface area contributed by atoms with Crippen LogP contribution in [0.25, 0.3) is 0 Å². The Balaban J connectivity index is 2.31. The summed E-state index contributed by atoms with van der Waals surface area (Å²) in [5, 5.41) is 4.20. The van der Waals surface area contributed by atoms with Crippen molar-refractivity contribution >= 4 is 12.6 Å². The van der Waals surface area contributed by atoms with Gasteiger partial charge in [-0.1, -0.05) is 0 Å². The molecule has 0 atom stereocenters. The molecule has 0 amide bonds. The van der Waals surface area contributed by atoms with Gasteiger partial charge in [0, 0.05) is 13.2 Å². The Hall–Kier alpha value is -1.01. The van der Waals surface area contributed by atoms with Crippen LogP contribution in [-0.2, 0) is 16.4 Å². The van der Waals surface area contributed by atoms with Crippen LogP contribution in [0, 0.1) is 0 Å². The Kier molecular flexibility index (Phi) is 2.74. The van der Waals surface area contributed by atoms with Crippen LogP contribution in [0.1, 0.15) is 27.7 Å². The molecule has 2 rings (SSSR count). The normalized spacial score (nSPS) is 21.9. The number of nitrogens with zero attached hydrogens (tertiary/aromatic N) is 2. The van der Waals surface area contributed by atoms with Crippen molar-refractivity contribution in [3.8, 4) is 5.88 Å². The van der Waals surface area contributed by atoms with E-state index in [1.165, 1.54) is 0 Å². The van der Waals surface area contributed by atoms with E-state index in [1.807, 2.05) is 40.9 Å². The number of ether oxygens (including phenoxy) is 1. The van der Waals surface area contributed by atoms with Crippen LogP contribution < -0.4 is 10.2 Å². The van der Waals surface area contributed by atoms with Crippen molar-refractivity contribution in [2.45, 2.75) is 38.9 Å². The zero-order chi connectivity index (χ0) is 12.8. The standard InChI is InChI=1S/C11H19BN2O3/c1-10(2)11(3,4)17-12(16-10)8-7-14(5)13-9(8)15-6/h7H,1-6H3. The quantitative estimate of drug-likeness (QED) is 0.712. The summed E-state index contributed by atoms with van der Waals surface area (Å²) in [7, 11) is 3.01. The van der Waals surface area contributed by atoms with Crippen LogP contribution in [0.2, 0.25) is 0 Å². The first-order chi connectivity index (χ1) is 7.77. The summed E-state index contributed by atoms with van der Waals surface area (Å²) in [5.41, 5.74) is 0.130. The SMILES string of the molecule is COc1nn(C)cc1B1OC(C)(C)C(C)(C)O1. The molecule has 0 bridgehead atoms. The van der Waals surface area contributed by atoms with Crippen molar-refractivity contribution < 1.29 is 14.0 Å². The Bertz CT molecular complexity index is 412. The van der Waals surface area contributed by atoms with Gasteiger partial charge in [0.2, 0.25) is 5.88 Å². The third kappa shape index (κ3) is 1.95. The Morgan fingerprint density at radius 1 is 1.24 bits per heavy atom. The van der Waals surface area contributed by atoms with E-state index in [2.05, 4.69) is 5.10 Å². The van der Waals surface area contributed by atoms with Crippen LogP contribution in [0.4, 0.5) is 0 Å². The van der Waals surface area contributed by atoms with Gasteiger partial charge in [0.25, 0.3) is 0 Å². The van der Waals surface area contributed by atoms with E-state index < -0.39 is 7.12 Å². The van der Waals surface area contributed by atoms with Gasteiger partial charge in [0.05, 0.1) is 23.8 Å². The van der Waals surface area contributed by atoms with Gasteiger partial charge < -0.3 is 14.0 Å². The van der Waals surface area contributed by atoms with Gasteiger partial charge in [0.1, 0.15) is 0 Å². The van der Waals surface area contributed by atoms with Gasteiger partial charge in [-0.25, -0.2) is 0 Å². The van der Waals surface area contributed by atoms with Crippen LogP contribution in [0.15, 0.2) is 6.20 Å². The predicted octanol–water partition coefficient (Wildman–Crippen LogP) is 0.728. The molecule has 6 heteroatoms. The summed E-state index contributed by atoms with van der Waals surface area (Å²) in [6.45, 7) is 8.09. The van der Waals surface area contributed by atoms with E-state index in [-0.39, 0.29) is 11.2 Å². The van der Waals surface area contributed by atoms with Crippen molar-refractivity contribution in [3.05, 3.63) is 6.20 Å². The van der Waals surface area contributed by atoms with E-state index in [9.17, 15) is 0 Å². The highest BCUT2D eigenvalue weighted by atomic mass is 16.7. The molecule has 1 aliphatic rings. The molecule has 0 aliphatic carbocycles. The maximum atomic E-state index is 5.95. The highest BCUT2D eigenvalue weighted by Crippen LogP contribution is 2.36. The van der Waals surface area contributed by atoms with E-state index in [0.717, 1.165) is 5.46 Å². The molecular formula is C11H19BN2O3. The van der Waals surface area contributed by atoms with Gasteiger partial charge in [-0.15, -0.1) is 5.10 Å². The van der Waals surface area contributed by atoms with Crippen LogP contribution >= 0.6 is 0 Å². The second-order valence-electron chi connectivity index (χ2n) is 5.36. The highest BCUT2D eigenvalue weighted by Gasteiger charge is 2.53. The number of hydrogen-bond acceptors (Lipinski definition) is 4. The third-order valence-electron chi connectivity index (χ3n) is 3.52. The minimum atomic E-state index is -0.427. The third-order valence-corrected chi connectivity index (χ3v) is 3.52. The van der Waals surface area contributed by atoms with Crippen LogP contribution in [0.3, 0.4) is 0 Å². The molecule has 2 heterocycles. The first kappa shape index (κ1) is 12.5. The molecule has 1 aliphatic heterocycles.